The van der Waals surface area contributed by atoms with Crippen molar-refractivity contribution in [2.75, 3.05) is 0 Å². The smallest absolute Gasteiger partial charge is 0.174 e. The minimum absolute atomic E-state index is 0.0357. The van der Waals surface area contributed by atoms with E-state index in [0.29, 0.717) is 5.56 Å². The van der Waals surface area contributed by atoms with E-state index in [1.165, 1.54) is 19.1 Å². The van der Waals surface area contributed by atoms with Crippen LogP contribution >= 0.6 is 0 Å². The van der Waals surface area contributed by atoms with E-state index in [4.69, 9.17) is 4.74 Å². The molecule has 1 aliphatic heterocycles. The molecule has 0 fully saturated rings. The van der Waals surface area contributed by atoms with Gasteiger partial charge in [-0.1, -0.05) is 0 Å². The van der Waals surface area contributed by atoms with Crippen LogP contribution < -0.4 is 4.74 Å². The number of rotatable bonds is 1. The molecule has 23 heavy (non-hydrogen) atoms. The van der Waals surface area contributed by atoms with Gasteiger partial charge in [0.25, 0.3) is 0 Å². The van der Waals surface area contributed by atoms with Crippen molar-refractivity contribution in [3.05, 3.63) is 28.8 Å². The van der Waals surface area contributed by atoms with Gasteiger partial charge in [-0.3, -0.25) is 9.59 Å². The van der Waals surface area contributed by atoms with Gasteiger partial charge in [-0.2, -0.15) is 0 Å². The number of fused-ring (bicyclic) bond motifs is 1. The molecule has 0 radical (unpaired) electrons. The summed E-state index contributed by atoms with van der Waals surface area (Å²) in [6, 6.07) is 0. The maximum Gasteiger partial charge on any atom is 0.174 e. The number of aliphatic hydroxyl groups is 1. The first kappa shape index (κ1) is 15.6. The predicted molar refractivity (Wildman–Crippen MR) is 80.9 cm³/mol. The molecule has 6 heteroatoms. The second-order valence-electron chi connectivity index (χ2n) is 6.18. The number of ketones is 2. The standard InChI is InChI=1S/C17H18O6/c1-8-14(20)9(2)16-13(15(8)21)11(19)7-12(23-16)17(22)5-3-10(18)4-6-17/h3,5,12,20-22H,4,6-7H2,1-2H3. The highest BCUT2D eigenvalue weighted by atomic mass is 16.5. The third-order valence-corrected chi connectivity index (χ3v) is 4.67. The fourth-order valence-electron chi connectivity index (χ4n) is 3.12. The summed E-state index contributed by atoms with van der Waals surface area (Å²) in [5, 5.41) is 30.9. The molecule has 2 unspecified atom stereocenters. The molecule has 0 aromatic heterocycles. The molecule has 0 saturated carbocycles. The molecule has 6 nitrogen and oxygen atoms in total. The van der Waals surface area contributed by atoms with Crippen LogP contribution in [-0.4, -0.2) is 38.6 Å². The van der Waals surface area contributed by atoms with Crippen molar-refractivity contribution in [1.29, 1.82) is 0 Å². The number of allylic oxidation sites excluding steroid dienone is 1. The van der Waals surface area contributed by atoms with E-state index in [0.717, 1.165) is 0 Å². The predicted octanol–water partition coefficient (Wildman–Crippen LogP) is 1.70. The highest BCUT2D eigenvalue weighted by molar-refractivity contribution is 6.04. The number of phenols is 2. The summed E-state index contributed by atoms with van der Waals surface area (Å²) in [6.07, 6.45) is 2.02. The molecule has 2 atom stereocenters. The van der Waals surface area contributed by atoms with Gasteiger partial charge >= 0.3 is 0 Å². The first-order chi connectivity index (χ1) is 10.7. The third-order valence-electron chi connectivity index (χ3n) is 4.67. The number of Topliss-reactive ketones (excluding diaryl/α,β-unsaturated/α-hetero) is 1. The fraction of sp³-hybridized carbons (Fsp3) is 0.412. The van der Waals surface area contributed by atoms with E-state index in [1.807, 2.05) is 0 Å². The molecular formula is C17H18O6. The summed E-state index contributed by atoms with van der Waals surface area (Å²) >= 11 is 0. The van der Waals surface area contributed by atoms with Crippen LogP contribution in [0.2, 0.25) is 0 Å². The van der Waals surface area contributed by atoms with Crippen LogP contribution in [0.25, 0.3) is 0 Å². The quantitative estimate of drug-likeness (QED) is 0.728. The van der Waals surface area contributed by atoms with Gasteiger partial charge in [0.05, 0.1) is 6.42 Å². The topological polar surface area (TPSA) is 104 Å². The van der Waals surface area contributed by atoms with Crippen LogP contribution in [0.3, 0.4) is 0 Å². The van der Waals surface area contributed by atoms with Crippen molar-refractivity contribution in [2.45, 2.75) is 44.8 Å². The van der Waals surface area contributed by atoms with E-state index in [-0.39, 0.29) is 59.2 Å². The molecule has 0 amide bonds. The van der Waals surface area contributed by atoms with Gasteiger partial charge in [-0.25, -0.2) is 0 Å². The Bertz CT molecular complexity index is 748. The van der Waals surface area contributed by atoms with Crippen molar-refractivity contribution in [1.82, 2.24) is 0 Å². The number of hydrogen-bond donors (Lipinski definition) is 3. The van der Waals surface area contributed by atoms with Crippen molar-refractivity contribution in [3.63, 3.8) is 0 Å². The zero-order valence-electron chi connectivity index (χ0n) is 12.9. The average molecular weight is 318 g/mol. The Balaban J connectivity index is 2.06. The molecule has 3 rings (SSSR count). The minimum Gasteiger partial charge on any atom is -0.507 e. The molecule has 2 aliphatic rings. The molecule has 0 saturated heterocycles. The molecule has 1 aromatic rings. The minimum atomic E-state index is -1.43. The van der Waals surface area contributed by atoms with Gasteiger partial charge in [0.2, 0.25) is 0 Å². The molecular weight excluding hydrogens is 300 g/mol. The summed E-state index contributed by atoms with van der Waals surface area (Å²) in [5.41, 5.74) is -0.830. The lowest BCUT2D eigenvalue weighted by molar-refractivity contribution is -0.118. The number of benzene rings is 1. The lowest BCUT2D eigenvalue weighted by Crippen LogP contribution is -2.49. The summed E-state index contributed by atoms with van der Waals surface area (Å²) in [7, 11) is 0. The highest BCUT2D eigenvalue weighted by Crippen LogP contribution is 2.46. The second kappa shape index (κ2) is 5.09. The zero-order valence-corrected chi connectivity index (χ0v) is 12.9. The lowest BCUT2D eigenvalue weighted by atomic mass is 9.81. The molecule has 1 heterocycles. The largest absolute Gasteiger partial charge is 0.507 e. The van der Waals surface area contributed by atoms with Crippen LogP contribution in [0.1, 0.15) is 40.7 Å². The number of hydrogen-bond acceptors (Lipinski definition) is 6. The van der Waals surface area contributed by atoms with Crippen molar-refractivity contribution in [3.8, 4) is 17.2 Å². The van der Waals surface area contributed by atoms with E-state index in [2.05, 4.69) is 0 Å². The van der Waals surface area contributed by atoms with E-state index in [9.17, 15) is 24.9 Å². The SMILES string of the molecule is Cc1c(O)c(C)c2c(c1O)C(=O)CC(C1(O)C=CC(=O)CC1)O2. The Morgan fingerprint density at radius 3 is 2.48 bits per heavy atom. The fourth-order valence-corrected chi connectivity index (χ4v) is 3.12. The Kier molecular flexibility index (Phi) is 3.44. The van der Waals surface area contributed by atoms with Crippen molar-refractivity contribution >= 4 is 11.6 Å². The van der Waals surface area contributed by atoms with Crippen LogP contribution in [0, 0.1) is 13.8 Å². The number of ether oxygens (including phenoxy) is 1. The van der Waals surface area contributed by atoms with Crippen molar-refractivity contribution < 1.29 is 29.6 Å². The van der Waals surface area contributed by atoms with Gasteiger partial charge < -0.3 is 20.1 Å². The number of carbonyl (C=O) groups excluding carboxylic acids is 2. The van der Waals surface area contributed by atoms with Crippen LogP contribution in [-0.2, 0) is 4.79 Å². The summed E-state index contributed by atoms with van der Waals surface area (Å²) in [5.74, 6) is -0.799. The number of aromatic hydroxyl groups is 2. The van der Waals surface area contributed by atoms with Gasteiger partial charge in [0.1, 0.15) is 34.5 Å². The van der Waals surface area contributed by atoms with Crippen LogP contribution in [0.15, 0.2) is 12.2 Å². The molecule has 3 N–H and O–H groups in total. The van der Waals surface area contributed by atoms with Gasteiger partial charge in [-0.15, -0.1) is 0 Å². The third kappa shape index (κ3) is 2.30. The van der Waals surface area contributed by atoms with E-state index in [1.54, 1.807) is 6.92 Å². The Hall–Kier alpha value is -2.34. The first-order valence-corrected chi connectivity index (χ1v) is 7.44. The van der Waals surface area contributed by atoms with Crippen molar-refractivity contribution in [2.24, 2.45) is 0 Å². The lowest BCUT2D eigenvalue weighted by Gasteiger charge is -2.38. The Morgan fingerprint density at radius 1 is 1.17 bits per heavy atom. The van der Waals surface area contributed by atoms with Crippen LogP contribution in [0.4, 0.5) is 0 Å². The van der Waals surface area contributed by atoms with Crippen LogP contribution in [0.5, 0.6) is 17.2 Å². The van der Waals surface area contributed by atoms with Gasteiger partial charge in [-0.05, 0) is 32.4 Å². The Labute approximate surface area is 133 Å². The molecule has 1 aliphatic carbocycles. The first-order valence-electron chi connectivity index (χ1n) is 7.44. The highest BCUT2D eigenvalue weighted by Gasteiger charge is 2.44. The number of phenolic OH excluding ortho intramolecular Hbond substituents is 2. The monoisotopic (exact) mass is 318 g/mol. The normalized spacial score (nSPS) is 26.8. The molecule has 1 aromatic carbocycles. The van der Waals surface area contributed by atoms with E-state index < -0.39 is 11.7 Å². The summed E-state index contributed by atoms with van der Waals surface area (Å²) < 4.78 is 5.77. The average Bonchev–Trinajstić information content (AvgIpc) is 2.53. The number of carbonyl (C=O) groups is 2. The Morgan fingerprint density at radius 2 is 1.87 bits per heavy atom. The van der Waals surface area contributed by atoms with E-state index >= 15 is 0 Å². The van der Waals surface area contributed by atoms with Gasteiger partial charge in [0.15, 0.2) is 11.6 Å². The molecule has 0 bridgehead atoms. The maximum absolute atomic E-state index is 12.5. The molecule has 0 spiro atoms. The zero-order chi connectivity index (χ0) is 16.9. The summed E-state index contributed by atoms with van der Waals surface area (Å²) in [4.78, 5) is 23.8. The van der Waals surface area contributed by atoms with Gasteiger partial charge in [0, 0.05) is 17.5 Å². The maximum atomic E-state index is 12.5. The second-order valence-corrected chi connectivity index (χ2v) is 6.18. The molecule has 122 valence electrons. The summed E-state index contributed by atoms with van der Waals surface area (Å²) in [6.45, 7) is 3.10.